The first kappa shape index (κ1) is 18.2. The molecule has 0 aliphatic carbocycles. The normalized spacial score (nSPS) is 16.1. The van der Waals surface area contributed by atoms with Crippen LogP contribution in [0.25, 0.3) is 0 Å². The molecule has 26 heavy (non-hydrogen) atoms. The summed E-state index contributed by atoms with van der Waals surface area (Å²) in [6, 6.07) is 4.76. The molecule has 10 heteroatoms. The fraction of sp³-hybridized carbons (Fsp3) is 0.438. The summed E-state index contributed by atoms with van der Waals surface area (Å²) in [7, 11) is 1.03. The second-order valence-corrected chi connectivity index (χ2v) is 6.14. The fourth-order valence-corrected chi connectivity index (χ4v) is 3.06. The monoisotopic (exact) mass is 372 g/mol. The zero-order chi connectivity index (χ0) is 19.1. The smallest absolute Gasteiger partial charge is 0.338 e. The molecule has 0 bridgehead atoms. The number of carbonyl (C=O) groups is 1. The van der Waals surface area contributed by atoms with Crippen LogP contribution in [0.4, 0.5) is 17.6 Å². The van der Waals surface area contributed by atoms with Crippen molar-refractivity contribution in [2.24, 2.45) is 7.05 Å². The van der Waals surface area contributed by atoms with E-state index < -0.39 is 29.5 Å². The lowest BCUT2D eigenvalue weighted by atomic mass is 10.0. The number of carbonyl (C=O) groups excluding carboxylic acids is 1. The van der Waals surface area contributed by atoms with Crippen molar-refractivity contribution in [3.05, 3.63) is 52.0 Å². The van der Waals surface area contributed by atoms with E-state index in [1.165, 1.54) is 23.1 Å². The highest BCUT2D eigenvalue weighted by Crippen LogP contribution is 2.28. The Labute approximate surface area is 145 Å². The Bertz CT molecular complexity index is 879. The van der Waals surface area contributed by atoms with Gasteiger partial charge in [-0.25, -0.2) is 13.9 Å². The number of alkyl halides is 3. The van der Waals surface area contributed by atoms with Gasteiger partial charge in [0.1, 0.15) is 5.82 Å². The molecule has 0 atom stereocenters. The Morgan fingerprint density at radius 3 is 2.42 bits per heavy atom. The zero-order valence-corrected chi connectivity index (χ0v) is 13.8. The maximum absolute atomic E-state index is 13.2. The second-order valence-electron chi connectivity index (χ2n) is 6.14. The number of rotatable bonds is 2. The van der Waals surface area contributed by atoms with Crippen LogP contribution in [0.5, 0.6) is 0 Å². The molecule has 1 amide bonds. The van der Waals surface area contributed by atoms with E-state index in [1.54, 1.807) is 0 Å². The highest BCUT2D eigenvalue weighted by atomic mass is 19.4. The van der Waals surface area contributed by atoms with E-state index in [-0.39, 0.29) is 37.4 Å². The molecule has 2 heterocycles. The minimum Gasteiger partial charge on any atom is -0.338 e. The maximum Gasteiger partial charge on any atom is 0.451 e. The van der Waals surface area contributed by atoms with Crippen LogP contribution in [0.3, 0.4) is 0 Å². The second kappa shape index (κ2) is 6.58. The van der Waals surface area contributed by atoms with E-state index in [1.807, 2.05) is 0 Å². The predicted molar refractivity (Wildman–Crippen MR) is 83.0 cm³/mol. The molecule has 0 radical (unpaired) electrons. The standard InChI is InChI=1S/C16H16F4N4O2/c1-22-14(16(18,19)20)21-24(15(22)26)12-5-7-23(8-6-12)13(25)10-3-2-4-11(17)9-10/h2-4,9,12H,5-8H2,1H3. The van der Waals surface area contributed by atoms with Gasteiger partial charge in [0.2, 0.25) is 5.82 Å². The Morgan fingerprint density at radius 1 is 1.23 bits per heavy atom. The van der Waals surface area contributed by atoms with Crippen molar-refractivity contribution in [1.29, 1.82) is 0 Å². The summed E-state index contributed by atoms with van der Waals surface area (Å²) < 4.78 is 53.2. The number of amides is 1. The third kappa shape index (κ3) is 3.35. The molecule has 3 rings (SSSR count). The number of likely N-dealkylation sites (tertiary alicyclic amines) is 1. The molecule has 0 spiro atoms. The molecule has 1 saturated heterocycles. The van der Waals surface area contributed by atoms with Crippen molar-refractivity contribution in [3.8, 4) is 0 Å². The fourth-order valence-electron chi connectivity index (χ4n) is 3.06. The third-order valence-electron chi connectivity index (χ3n) is 4.43. The largest absolute Gasteiger partial charge is 0.451 e. The summed E-state index contributed by atoms with van der Waals surface area (Å²) >= 11 is 0. The Morgan fingerprint density at radius 2 is 1.88 bits per heavy atom. The first-order chi connectivity index (χ1) is 12.2. The molecule has 6 nitrogen and oxygen atoms in total. The van der Waals surface area contributed by atoms with E-state index in [2.05, 4.69) is 5.10 Å². The third-order valence-corrected chi connectivity index (χ3v) is 4.43. The number of piperidine rings is 1. The number of benzene rings is 1. The number of nitrogens with zero attached hydrogens (tertiary/aromatic N) is 4. The van der Waals surface area contributed by atoms with Crippen LogP contribution in [0.15, 0.2) is 29.1 Å². The van der Waals surface area contributed by atoms with E-state index in [9.17, 15) is 27.2 Å². The highest BCUT2D eigenvalue weighted by Gasteiger charge is 2.39. The molecule has 0 N–H and O–H groups in total. The molecule has 140 valence electrons. The van der Waals surface area contributed by atoms with Gasteiger partial charge in [0, 0.05) is 25.7 Å². The minimum atomic E-state index is -4.72. The Balaban J connectivity index is 1.73. The lowest BCUT2D eigenvalue weighted by Crippen LogP contribution is -2.41. The number of hydrogen-bond acceptors (Lipinski definition) is 3. The Hall–Kier alpha value is -2.65. The molecule has 0 unspecified atom stereocenters. The number of halogens is 4. The SMILES string of the molecule is Cn1c(C(F)(F)F)nn(C2CCN(C(=O)c3cccc(F)c3)CC2)c1=O. The zero-order valence-electron chi connectivity index (χ0n) is 13.8. The van der Waals surface area contributed by atoms with E-state index >= 15 is 0 Å². The Kier molecular flexibility index (Phi) is 4.59. The molecular formula is C16H16F4N4O2. The van der Waals surface area contributed by atoms with Crippen LogP contribution in [-0.2, 0) is 13.2 Å². The molecule has 1 aromatic carbocycles. The van der Waals surface area contributed by atoms with Gasteiger partial charge in [-0.1, -0.05) is 6.07 Å². The summed E-state index contributed by atoms with van der Waals surface area (Å²) in [6.07, 6.45) is -4.14. The van der Waals surface area contributed by atoms with Gasteiger partial charge in [-0.3, -0.25) is 9.36 Å². The van der Waals surface area contributed by atoms with Gasteiger partial charge in [-0.05, 0) is 31.0 Å². The summed E-state index contributed by atoms with van der Waals surface area (Å²) in [5, 5.41) is 3.43. The van der Waals surface area contributed by atoms with Crippen molar-refractivity contribution in [2.45, 2.75) is 25.1 Å². The number of hydrogen-bond donors (Lipinski definition) is 0. The molecular weight excluding hydrogens is 356 g/mol. The lowest BCUT2D eigenvalue weighted by Gasteiger charge is -2.31. The van der Waals surface area contributed by atoms with Crippen LogP contribution in [0.1, 0.15) is 35.1 Å². The molecule has 2 aromatic rings. The minimum absolute atomic E-state index is 0.206. The van der Waals surface area contributed by atoms with Gasteiger partial charge in [0.25, 0.3) is 5.91 Å². The maximum atomic E-state index is 13.2. The van der Waals surface area contributed by atoms with Gasteiger partial charge in [0.05, 0.1) is 6.04 Å². The summed E-state index contributed by atoms with van der Waals surface area (Å²) in [6.45, 7) is 0.481. The van der Waals surface area contributed by atoms with Crippen LogP contribution in [-0.4, -0.2) is 38.2 Å². The van der Waals surface area contributed by atoms with E-state index in [4.69, 9.17) is 0 Å². The average Bonchev–Trinajstić information content (AvgIpc) is 2.90. The van der Waals surface area contributed by atoms with Crippen LogP contribution in [0, 0.1) is 5.82 Å². The van der Waals surface area contributed by atoms with Crippen molar-refractivity contribution in [1.82, 2.24) is 19.2 Å². The van der Waals surface area contributed by atoms with Gasteiger partial charge >= 0.3 is 11.9 Å². The van der Waals surface area contributed by atoms with Crippen LogP contribution >= 0.6 is 0 Å². The molecule has 0 saturated carbocycles. The van der Waals surface area contributed by atoms with Crippen LogP contribution in [0.2, 0.25) is 0 Å². The van der Waals surface area contributed by atoms with Crippen molar-refractivity contribution >= 4 is 5.91 Å². The van der Waals surface area contributed by atoms with Gasteiger partial charge < -0.3 is 4.90 Å². The van der Waals surface area contributed by atoms with E-state index in [0.717, 1.165) is 17.8 Å². The van der Waals surface area contributed by atoms with Gasteiger partial charge in [-0.2, -0.15) is 13.2 Å². The molecule has 1 aromatic heterocycles. The topological polar surface area (TPSA) is 60.1 Å². The van der Waals surface area contributed by atoms with Crippen molar-refractivity contribution < 1.29 is 22.4 Å². The molecule has 1 aliphatic heterocycles. The van der Waals surface area contributed by atoms with Gasteiger partial charge in [-0.15, -0.1) is 5.10 Å². The summed E-state index contributed by atoms with van der Waals surface area (Å²) in [5.41, 5.74) is -0.634. The quantitative estimate of drug-likeness (QED) is 0.760. The lowest BCUT2D eigenvalue weighted by molar-refractivity contribution is -0.147. The first-order valence-electron chi connectivity index (χ1n) is 7.96. The van der Waals surface area contributed by atoms with Crippen molar-refractivity contribution in [3.63, 3.8) is 0 Å². The molecule has 1 aliphatic rings. The predicted octanol–water partition coefficient (Wildman–Crippen LogP) is 2.22. The highest BCUT2D eigenvalue weighted by molar-refractivity contribution is 5.94. The van der Waals surface area contributed by atoms with Gasteiger partial charge in [0.15, 0.2) is 0 Å². The van der Waals surface area contributed by atoms with Crippen molar-refractivity contribution in [2.75, 3.05) is 13.1 Å². The summed E-state index contributed by atoms with van der Waals surface area (Å²) in [5.74, 6) is -2.13. The summed E-state index contributed by atoms with van der Waals surface area (Å²) in [4.78, 5) is 25.9. The van der Waals surface area contributed by atoms with Crippen LogP contribution < -0.4 is 5.69 Å². The molecule has 1 fully saturated rings. The first-order valence-corrected chi connectivity index (χ1v) is 7.96. The van der Waals surface area contributed by atoms with E-state index in [0.29, 0.717) is 4.57 Å². The average molecular weight is 372 g/mol. The number of aromatic nitrogens is 3.